The van der Waals surface area contributed by atoms with Crippen LogP contribution in [0.4, 0.5) is 5.69 Å². The van der Waals surface area contributed by atoms with Gasteiger partial charge in [0.25, 0.3) is 0 Å². The van der Waals surface area contributed by atoms with E-state index < -0.39 is 17.2 Å². The highest BCUT2D eigenvalue weighted by Gasteiger charge is 2.41. The molecule has 1 aliphatic heterocycles. The lowest BCUT2D eigenvalue weighted by atomic mass is 9.98. The first-order valence-electron chi connectivity index (χ1n) is 6.21. The summed E-state index contributed by atoms with van der Waals surface area (Å²) in [5, 5.41) is 9.79. The van der Waals surface area contributed by atoms with Crippen LogP contribution in [-0.4, -0.2) is 15.7 Å². The Morgan fingerprint density at radius 1 is 1.26 bits per heavy atom. The average molecular weight is 300 g/mol. The van der Waals surface area contributed by atoms with Gasteiger partial charge in [0.15, 0.2) is 17.2 Å². The first-order chi connectivity index (χ1) is 9.22. The number of anilines is 1. The molecule has 0 spiro atoms. The van der Waals surface area contributed by atoms with E-state index in [-0.39, 0.29) is 0 Å². The van der Waals surface area contributed by atoms with E-state index in [1.165, 1.54) is 0 Å². The number of allylic oxidation sites excluding steroid dienone is 1. The molecule has 1 N–H and O–H groups in total. The van der Waals surface area contributed by atoms with Crippen LogP contribution in [0.25, 0.3) is 0 Å². The Hall–Kier alpha value is -0.880. The highest BCUT2D eigenvalue weighted by Crippen LogP contribution is 2.41. The Kier molecular flexibility index (Phi) is 3.62. The molecule has 1 aliphatic carbocycles. The monoisotopic (exact) mass is 299 g/mol. The minimum Gasteiger partial charge on any atom is -0.254 e. The third kappa shape index (κ3) is 2.21. The van der Waals surface area contributed by atoms with Crippen molar-refractivity contribution in [2.24, 2.45) is 0 Å². The number of hydrogen-bond acceptors (Lipinski definition) is 3. The van der Waals surface area contributed by atoms with E-state index in [0.29, 0.717) is 5.02 Å². The topological polar surface area (TPSA) is 49.8 Å². The van der Waals surface area contributed by atoms with Crippen LogP contribution in [-0.2, 0) is 15.9 Å². The lowest BCUT2D eigenvalue weighted by Crippen LogP contribution is -2.34. The zero-order chi connectivity index (χ0) is 13.4. The van der Waals surface area contributed by atoms with E-state index in [1.54, 1.807) is 28.6 Å². The second-order valence-electron chi connectivity index (χ2n) is 4.66. The minimum absolute atomic E-state index is 0.618. The number of halogens is 1. The van der Waals surface area contributed by atoms with E-state index in [2.05, 4.69) is 4.89 Å². The lowest BCUT2D eigenvalue weighted by Gasteiger charge is -2.24. The van der Waals surface area contributed by atoms with Crippen LogP contribution in [0.15, 0.2) is 34.7 Å². The molecular formula is C13H14ClNO3S. The zero-order valence-electron chi connectivity index (χ0n) is 10.2. The van der Waals surface area contributed by atoms with Crippen molar-refractivity contribution in [1.29, 1.82) is 0 Å². The maximum Gasteiger partial charge on any atom is 0.199 e. The van der Waals surface area contributed by atoms with Crippen LogP contribution in [0, 0.1) is 0 Å². The Bertz CT molecular complexity index is 543. The molecule has 3 rings (SSSR count). The van der Waals surface area contributed by atoms with Gasteiger partial charge >= 0.3 is 0 Å². The van der Waals surface area contributed by atoms with Crippen LogP contribution < -0.4 is 4.31 Å². The average Bonchev–Trinajstić information content (AvgIpc) is 2.73. The molecule has 19 heavy (non-hydrogen) atoms. The molecule has 0 fully saturated rings. The van der Waals surface area contributed by atoms with E-state index in [1.807, 2.05) is 0 Å². The normalized spacial score (nSPS) is 26.7. The molecule has 6 heteroatoms. The fourth-order valence-corrected chi connectivity index (χ4v) is 4.40. The molecule has 1 unspecified atom stereocenters. The van der Waals surface area contributed by atoms with Gasteiger partial charge in [-0.2, -0.15) is 0 Å². The molecule has 0 saturated heterocycles. The van der Waals surface area contributed by atoms with Crippen molar-refractivity contribution < 1.29 is 14.4 Å². The van der Waals surface area contributed by atoms with Gasteiger partial charge in [0.1, 0.15) is 0 Å². The van der Waals surface area contributed by atoms with Crippen molar-refractivity contribution >= 4 is 28.3 Å². The molecule has 4 nitrogen and oxygen atoms in total. The molecule has 0 amide bonds. The maximum atomic E-state index is 12.5. The quantitative estimate of drug-likeness (QED) is 0.672. The summed E-state index contributed by atoms with van der Waals surface area (Å²) in [4.78, 5) is 5.49. The summed E-state index contributed by atoms with van der Waals surface area (Å²) >= 11 is 5.86. The minimum atomic E-state index is -1.28. The van der Waals surface area contributed by atoms with E-state index in [4.69, 9.17) is 11.6 Å². The van der Waals surface area contributed by atoms with Crippen LogP contribution in [0.1, 0.15) is 25.7 Å². The van der Waals surface area contributed by atoms with Crippen LogP contribution >= 0.6 is 11.6 Å². The van der Waals surface area contributed by atoms with Gasteiger partial charge in [-0.3, -0.25) is 4.31 Å². The lowest BCUT2D eigenvalue weighted by molar-refractivity contribution is -0.265. The van der Waals surface area contributed by atoms with Gasteiger partial charge in [-0.15, -0.1) is 0 Å². The molecule has 102 valence electrons. The number of hydrogen-bond donors (Lipinski definition) is 1. The Morgan fingerprint density at radius 3 is 2.63 bits per heavy atom. The molecule has 0 aromatic heterocycles. The molecule has 0 bridgehead atoms. The molecule has 2 aliphatic rings. The van der Waals surface area contributed by atoms with Gasteiger partial charge in [-0.1, -0.05) is 11.6 Å². The SMILES string of the molecule is O=S1C2=C(CCCC2)[C@H](OO)N1c1ccc(Cl)cc1. The summed E-state index contributed by atoms with van der Waals surface area (Å²) in [6.45, 7) is 0. The third-order valence-electron chi connectivity index (χ3n) is 3.54. The van der Waals surface area contributed by atoms with Gasteiger partial charge in [0, 0.05) is 9.93 Å². The van der Waals surface area contributed by atoms with E-state index in [9.17, 15) is 9.47 Å². The Labute approximate surface area is 119 Å². The standard InChI is InChI=1S/C13H14ClNO3S/c14-9-5-7-10(8-6-9)15-13(18-16)11-3-1-2-4-12(11)19(15)17/h5-8,13,16H,1-4H2/t13-,19?/m0/s1. The van der Waals surface area contributed by atoms with Gasteiger partial charge in [-0.25, -0.2) is 14.4 Å². The van der Waals surface area contributed by atoms with Crippen molar-refractivity contribution in [1.82, 2.24) is 0 Å². The largest absolute Gasteiger partial charge is 0.254 e. The van der Waals surface area contributed by atoms with Gasteiger partial charge in [0.2, 0.25) is 0 Å². The Balaban J connectivity index is 1.99. The predicted octanol–water partition coefficient (Wildman–Crippen LogP) is 3.47. The first kappa shape index (κ1) is 13.1. The molecular weight excluding hydrogens is 286 g/mol. The van der Waals surface area contributed by atoms with Gasteiger partial charge in [-0.05, 0) is 55.5 Å². The van der Waals surface area contributed by atoms with Gasteiger partial charge < -0.3 is 0 Å². The molecule has 1 aromatic carbocycles. The van der Waals surface area contributed by atoms with Gasteiger partial charge in [0.05, 0.1) is 5.69 Å². The summed E-state index contributed by atoms with van der Waals surface area (Å²) in [7, 11) is -1.28. The highest BCUT2D eigenvalue weighted by atomic mass is 35.5. The zero-order valence-corrected chi connectivity index (χ0v) is 11.8. The van der Waals surface area contributed by atoms with Crippen LogP contribution in [0.3, 0.4) is 0 Å². The van der Waals surface area contributed by atoms with Crippen molar-refractivity contribution in [3.05, 3.63) is 39.8 Å². The number of benzene rings is 1. The summed E-state index contributed by atoms with van der Waals surface area (Å²) < 4.78 is 14.2. The second-order valence-corrected chi connectivity index (χ2v) is 6.49. The Morgan fingerprint density at radius 2 is 1.95 bits per heavy atom. The predicted molar refractivity (Wildman–Crippen MR) is 75.1 cm³/mol. The van der Waals surface area contributed by atoms with Crippen molar-refractivity contribution in [2.75, 3.05) is 4.31 Å². The number of nitrogens with zero attached hydrogens (tertiary/aromatic N) is 1. The third-order valence-corrected chi connectivity index (χ3v) is 5.44. The van der Waals surface area contributed by atoms with Crippen LogP contribution in [0.2, 0.25) is 5.02 Å². The van der Waals surface area contributed by atoms with Crippen molar-refractivity contribution in [2.45, 2.75) is 31.9 Å². The molecule has 2 atom stereocenters. The summed E-state index contributed by atoms with van der Waals surface area (Å²) in [5.74, 6) is 0. The smallest absolute Gasteiger partial charge is 0.199 e. The summed E-state index contributed by atoms with van der Waals surface area (Å²) in [5.41, 5.74) is 1.69. The van der Waals surface area contributed by atoms with E-state index >= 15 is 0 Å². The molecule has 1 heterocycles. The van der Waals surface area contributed by atoms with Crippen LogP contribution in [0.5, 0.6) is 0 Å². The molecule has 1 aromatic rings. The molecule has 0 radical (unpaired) electrons. The summed E-state index contributed by atoms with van der Waals surface area (Å²) in [6, 6.07) is 7.04. The highest BCUT2D eigenvalue weighted by molar-refractivity contribution is 7.90. The first-order valence-corrected chi connectivity index (χ1v) is 7.69. The fraction of sp³-hybridized carbons (Fsp3) is 0.385. The fourth-order valence-electron chi connectivity index (χ4n) is 2.63. The second kappa shape index (κ2) is 5.25. The summed E-state index contributed by atoms with van der Waals surface area (Å²) in [6.07, 6.45) is 3.08. The van der Waals surface area contributed by atoms with Crippen molar-refractivity contribution in [3.8, 4) is 0 Å². The van der Waals surface area contributed by atoms with Crippen molar-refractivity contribution in [3.63, 3.8) is 0 Å². The van der Waals surface area contributed by atoms with E-state index in [0.717, 1.165) is 41.8 Å². The number of rotatable bonds is 2. The molecule has 0 saturated carbocycles. The maximum absolute atomic E-state index is 12.5.